The van der Waals surface area contributed by atoms with Crippen LogP contribution in [0.3, 0.4) is 0 Å². The van der Waals surface area contributed by atoms with Gasteiger partial charge in [0, 0.05) is 19.1 Å². The molecule has 0 aliphatic carbocycles. The average Bonchev–Trinajstić information content (AvgIpc) is 2.79. The number of aromatic nitrogens is 3. The molecular formula is C11H21N5. The molecule has 90 valence electrons. The second-order valence-electron chi connectivity index (χ2n) is 4.72. The van der Waals surface area contributed by atoms with Crippen molar-refractivity contribution >= 4 is 0 Å². The maximum Gasteiger partial charge on any atom is 0.137 e. The van der Waals surface area contributed by atoms with Gasteiger partial charge in [-0.25, -0.2) is 4.98 Å². The molecule has 1 aromatic rings. The molecule has 0 bridgehead atoms. The molecule has 2 heterocycles. The van der Waals surface area contributed by atoms with Gasteiger partial charge in [-0.15, -0.1) is 0 Å². The maximum atomic E-state index is 5.97. The fraction of sp³-hybridized carbons (Fsp3) is 0.818. The largest absolute Gasteiger partial charge is 0.328 e. The van der Waals surface area contributed by atoms with Crippen molar-refractivity contribution in [2.75, 3.05) is 19.6 Å². The Labute approximate surface area is 96.6 Å². The van der Waals surface area contributed by atoms with Crippen LogP contribution in [-0.2, 0) is 6.54 Å². The van der Waals surface area contributed by atoms with Crippen molar-refractivity contribution in [1.82, 2.24) is 19.7 Å². The molecule has 1 aliphatic rings. The predicted octanol–water partition coefficient (Wildman–Crippen LogP) is 0.337. The lowest BCUT2D eigenvalue weighted by molar-refractivity contribution is 0.155. The summed E-state index contributed by atoms with van der Waals surface area (Å²) >= 11 is 0. The van der Waals surface area contributed by atoms with Crippen LogP contribution < -0.4 is 5.73 Å². The zero-order valence-corrected chi connectivity index (χ0v) is 9.92. The molecule has 0 aromatic carbocycles. The van der Waals surface area contributed by atoms with Crippen LogP contribution in [0.2, 0.25) is 0 Å². The summed E-state index contributed by atoms with van der Waals surface area (Å²) < 4.78 is 1.88. The third-order valence-corrected chi connectivity index (χ3v) is 3.40. The summed E-state index contributed by atoms with van der Waals surface area (Å²) in [5, 5.41) is 4.11. The number of likely N-dealkylation sites (tertiary alicyclic amines) is 1. The normalized spacial score (nSPS) is 24.5. The Bertz CT molecular complexity index is 295. The van der Waals surface area contributed by atoms with E-state index in [2.05, 4.69) is 21.9 Å². The number of hydrogen-bond donors (Lipinski definition) is 1. The van der Waals surface area contributed by atoms with Gasteiger partial charge in [0.05, 0.1) is 6.54 Å². The summed E-state index contributed by atoms with van der Waals surface area (Å²) in [6.07, 6.45) is 5.90. The first-order valence-corrected chi connectivity index (χ1v) is 6.06. The van der Waals surface area contributed by atoms with E-state index in [1.54, 1.807) is 12.7 Å². The van der Waals surface area contributed by atoms with E-state index in [9.17, 15) is 0 Å². The first kappa shape index (κ1) is 11.5. The van der Waals surface area contributed by atoms with Gasteiger partial charge in [-0.3, -0.25) is 4.68 Å². The van der Waals surface area contributed by atoms with E-state index in [1.807, 2.05) is 4.68 Å². The molecule has 0 radical (unpaired) electrons. The van der Waals surface area contributed by atoms with Crippen LogP contribution in [0.5, 0.6) is 0 Å². The molecule has 5 heteroatoms. The third-order valence-electron chi connectivity index (χ3n) is 3.40. The van der Waals surface area contributed by atoms with Gasteiger partial charge in [0.1, 0.15) is 12.7 Å². The molecule has 1 aliphatic heterocycles. The van der Waals surface area contributed by atoms with Crippen LogP contribution in [-0.4, -0.2) is 45.3 Å². The Kier molecular flexibility index (Phi) is 3.90. The predicted molar refractivity (Wildman–Crippen MR) is 62.8 cm³/mol. The van der Waals surface area contributed by atoms with Gasteiger partial charge in [0.25, 0.3) is 0 Å². The van der Waals surface area contributed by atoms with Crippen molar-refractivity contribution in [3.05, 3.63) is 12.7 Å². The molecule has 2 unspecified atom stereocenters. The van der Waals surface area contributed by atoms with Gasteiger partial charge in [-0.2, -0.15) is 5.10 Å². The SMILES string of the molecule is CC(N)C1CCCN(CCn2cncn2)C1. The first-order valence-electron chi connectivity index (χ1n) is 6.06. The fourth-order valence-electron chi connectivity index (χ4n) is 2.32. The van der Waals surface area contributed by atoms with E-state index in [1.165, 1.54) is 19.4 Å². The van der Waals surface area contributed by atoms with Crippen molar-refractivity contribution in [3.63, 3.8) is 0 Å². The third kappa shape index (κ3) is 3.02. The minimum Gasteiger partial charge on any atom is -0.328 e. The van der Waals surface area contributed by atoms with Gasteiger partial charge in [-0.05, 0) is 32.2 Å². The van der Waals surface area contributed by atoms with Crippen LogP contribution >= 0.6 is 0 Å². The zero-order chi connectivity index (χ0) is 11.4. The molecule has 2 rings (SSSR count). The van der Waals surface area contributed by atoms with Crippen LogP contribution in [0.4, 0.5) is 0 Å². The number of nitrogens with two attached hydrogens (primary N) is 1. The number of piperidine rings is 1. The van der Waals surface area contributed by atoms with Crippen LogP contribution in [0, 0.1) is 5.92 Å². The molecule has 2 N–H and O–H groups in total. The average molecular weight is 223 g/mol. The van der Waals surface area contributed by atoms with Crippen molar-refractivity contribution in [1.29, 1.82) is 0 Å². The Hall–Kier alpha value is -0.940. The van der Waals surface area contributed by atoms with E-state index < -0.39 is 0 Å². The first-order chi connectivity index (χ1) is 7.75. The highest BCUT2D eigenvalue weighted by Crippen LogP contribution is 2.18. The van der Waals surface area contributed by atoms with Gasteiger partial charge in [-0.1, -0.05) is 0 Å². The highest BCUT2D eigenvalue weighted by molar-refractivity contribution is 4.78. The van der Waals surface area contributed by atoms with Gasteiger partial charge in [0.15, 0.2) is 0 Å². The maximum absolute atomic E-state index is 5.97. The quantitative estimate of drug-likeness (QED) is 0.799. The Balaban J connectivity index is 1.77. The minimum absolute atomic E-state index is 0.314. The van der Waals surface area contributed by atoms with E-state index in [4.69, 9.17) is 5.73 Å². The minimum atomic E-state index is 0.314. The lowest BCUT2D eigenvalue weighted by Crippen LogP contribution is -2.43. The van der Waals surface area contributed by atoms with Gasteiger partial charge in [0.2, 0.25) is 0 Å². The molecular weight excluding hydrogens is 202 g/mol. The second-order valence-corrected chi connectivity index (χ2v) is 4.72. The molecule has 0 spiro atoms. The Morgan fingerprint density at radius 1 is 1.50 bits per heavy atom. The Morgan fingerprint density at radius 2 is 2.38 bits per heavy atom. The summed E-state index contributed by atoms with van der Waals surface area (Å²) in [4.78, 5) is 6.43. The monoisotopic (exact) mass is 223 g/mol. The molecule has 1 fully saturated rings. The van der Waals surface area contributed by atoms with E-state index >= 15 is 0 Å². The number of nitrogens with zero attached hydrogens (tertiary/aromatic N) is 4. The lowest BCUT2D eigenvalue weighted by atomic mass is 9.92. The van der Waals surface area contributed by atoms with E-state index in [0.717, 1.165) is 19.6 Å². The summed E-state index contributed by atoms with van der Waals surface area (Å²) in [6, 6.07) is 0.314. The highest BCUT2D eigenvalue weighted by Gasteiger charge is 2.22. The van der Waals surface area contributed by atoms with Crippen LogP contribution in [0.25, 0.3) is 0 Å². The summed E-state index contributed by atoms with van der Waals surface area (Å²) in [5.41, 5.74) is 5.97. The lowest BCUT2D eigenvalue weighted by Gasteiger charge is -2.34. The van der Waals surface area contributed by atoms with Crippen LogP contribution in [0.15, 0.2) is 12.7 Å². The van der Waals surface area contributed by atoms with Crippen molar-refractivity contribution in [2.45, 2.75) is 32.4 Å². The van der Waals surface area contributed by atoms with Gasteiger partial charge < -0.3 is 10.6 Å². The smallest absolute Gasteiger partial charge is 0.137 e. The molecule has 1 aromatic heterocycles. The van der Waals surface area contributed by atoms with Crippen LogP contribution in [0.1, 0.15) is 19.8 Å². The summed E-state index contributed by atoms with van der Waals surface area (Å²) in [7, 11) is 0. The van der Waals surface area contributed by atoms with E-state index in [-0.39, 0.29) is 0 Å². The highest BCUT2D eigenvalue weighted by atomic mass is 15.3. The van der Waals surface area contributed by atoms with Crippen molar-refractivity contribution < 1.29 is 0 Å². The molecule has 1 saturated heterocycles. The van der Waals surface area contributed by atoms with E-state index in [0.29, 0.717) is 12.0 Å². The standard InChI is InChI=1S/C11H21N5/c1-10(12)11-3-2-4-15(7-11)5-6-16-9-13-8-14-16/h8-11H,2-7,12H2,1H3. The molecule has 5 nitrogen and oxygen atoms in total. The second kappa shape index (κ2) is 5.41. The topological polar surface area (TPSA) is 60.0 Å². The zero-order valence-electron chi connectivity index (χ0n) is 9.92. The summed E-state index contributed by atoms with van der Waals surface area (Å²) in [6.45, 7) is 6.41. The fourth-order valence-corrected chi connectivity index (χ4v) is 2.32. The van der Waals surface area contributed by atoms with Crippen molar-refractivity contribution in [3.8, 4) is 0 Å². The number of rotatable bonds is 4. The summed E-state index contributed by atoms with van der Waals surface area (Å²) in [5.74, 6) is 0.657. The molecule has 2 atom stereocenters. The van der Waals surface area contributed by atoms with Gasteiger partial charge >= 0.3 is 0 Å². The van der Waals surface area contributed by atoms with Crippen molar-refractivity contribution in [2.24, 2.45) is 11.7 Å². The molecule has 0 saturated carbocycles. The molecule has 0 amide bonds. The molecule has 16 heavy (non-hydrogen) atoms. The number of hydrogen-bond acceptors (Lipinski definition) is 4. The Morgan fingerprint density at radius 3 is 3.06 bits per heavy atom.